The van der Waals surface area contributed by atoms with Gasteiger partial charge in [-0.05, 0) is 68.3 Å². The molecule has 0 aliphatic heterocycles. The van der Waals surface area contributed by atoms with Gasteiger partial charge in [0.25, 0.3) is 0 Å². The van der Waals surface area contributed by atoms with Gasteiger partial charge in [-0.15, -0.1) is 0 Å². The van der Waals surface area contributed by atoms with Gasteiger partial charge in [0.05, 0.1) is 0 Å². The highest BCUT2D eigenvalue weighted by molar-refractivity contribution is 5.27. The van der Waals surface area contributed by atoms with Crippen LogP contribution in [0.3, 0.4) is 0 Å². The average molecular weight is 293 g/mol. The lowest BCUT2D eigenvalue weighted by Gasteiger charge is -2.28. The molecule has 1 unspecified atom stereocenters. The summed E-state index contributed by atoms with van der Waals surface area (Å²) in [5.41, 5.74) is 2.35. The largest absolute Gasteiger partial charge is 0.313 e. The van der Waals surface area contributed by atoms with Crippen molar-refractivity contribution in [2.45, 2.75) is 72.3 Å². The first-order valence-corrected chi connectivity index (χ1v) is 8.60. The summed E-state index contributed by atoms with van der Waals surface area (Å²) in [6, 6.07) is 5.71. The quantitative estimate of drug-likeness (QED) is 0.620. The topological polar surface area (TPSA) is 12.0 Å². The highest BCUT2D eigenvalue weighted by Crippen LogP contribution is 2.22. The van der Waals surface area contributed by atoms with Gasteiger partial charge in [0, 0.05) is 6.04 Å². The fourth-order valence-corrected chi connectivity index (χ4v) is 3.15. The molecule has 120 valence electrons. The van der Waals surface area contributed by atoms with Crippen LogP contribution in [-0.2, 0) is 6.42 Å². The molecule has 0 radical (unpaired) electrons. The molecule has 1 atom stereocenters. The molecule has 0 bridgehead atoms. The van der Waals surface area contributed by atoms with Crippen LogP contribution in [0, 0.1) is 18.7 Å². The Morgan fingerprint density at radius 3 is 2.24 bits per heavy atom. The second-order valence-corrected chi connectivity index (χ2v) is 6.17. The molecule has 0 fully saturated rings. The summed E-state index contributed by atoms with van der Waals surface area (Å²) >= 11 is 0. The molecule has 1 nitrogen and oxygen atoms in total. The molecular weight excluding hydrogens is 261 g/mol. The molecule has 1 aromatic rings. The lowest BCUT2D eigenvalue weighted by molar-refractivity contribution is 0.308. The normalized spacial score (nSPS) is 12.9. The Kier molecular flexibility index (Phi) is 8.60. The van der Waals surface area contributed by atoms with Crippen molar-refractivity contribution in [2.75, 3.05) is 6.54 Å². The smallest absolute Gasteiger partial charge is 0.123 e. The van der Waals surface area contributed by atoms with Gasteiger partial charge < -0.3 is 5.32 Å². The summed E-state index contributed by atoms with van der Waals surface area (Å²) < 4.78 is 13.3. The van der Waals surface area contributed by atoms with Crippen LogP contribution in [-0.4, -0.2) is 12.6 Å². The van der Waals surface area contributed by atoms with Crippen molar-refractivity contribution in [1.29, 1.82) is 0 Å². The van der Waals surface area contributed by atoms with Crippen LogP contribution in [0.4, 0.5) is 4.39 Å². The SMILES string of the molecule is CCCNC(Cc1ccc(F)cc1C)C(CCC)CCC. The molecule has 0 heterocycles. The number of hydrogen-bond acceptors (Lipinski definition) is 1. The van der Waals surface area contributed by atoms with Gasteiger partial charge in [-0.3, -0.25) is 0 Å². The van der Waals surface area contributed by atoms with Crippen molar-refractivity contribution < 1.29 is 4.39 Å². The second-order valence-electron chi connectivity index (χ2n) is 6.17. The van der Waals surface area contributed by atoms with Crippen LogP contribution in [0.2, 0.25) is 0 Å². The van der Waals surface area contributed by atoms with E-state index in [1.165, 1.54) is 31.2 Å². The maximum Gasteiger partial charge on any atom is 0.123 e. The summed E-state index contributed by atoms with van der Waals surface area (Å²) in [6.07, 6.45) is 7.18. The van der Waals surface area contributed by atoms with E-state index in [9.17, 15) is 4.39 Å². The first kappa shape index (κ1) is 18.2. The Morgan fingerprint density at radius 1 is 1.05 bits per heavy atom. The highest BCUT2D eigenvalue weighted by atomic mass is 19.1. The van der Waals surface area contributed by atoms with Crippen LogP contribution in [0.1, 0.15) is 64.0 Å². The van der Waals surface area contributed by atoms with E-state index in [2.05, 4.69) is 26.1 Å². The van der Waals surface area contributed by atoms with E-state index in [1.807, 2.05) is 13.0 Å². The molecule has 0 saturated heterocycles. The van der Waals surface area contributed by atoms with Gasteiger partial charge in [-0.2, -0.15) is 0 Å². The lowest BCUT2D eigenvalue weighted by Crippen LogP contribution is -2.38. The fourth-order valence-electron chi connectivity index (χ4n) is 3.15. The van der Waals surface area contributed by atoms with E-state index in [4.69, 9.17) is 0 Å². The molecule has 0 spiro atoms. The van der Waals surface area contributed by atoms with Crippen LogP contribution >= 0.6 is 0 Å². The molecule has 0 saturated carbocycles. The summed E-state index contributed by atoms with van der Waals surface area (Å²) in [5, 5.41) is 3.74. The molecule has 0 aromatic heterocycles. The van der Waals surface area contributed by atoms with E-state index in [-0.39, 0.29) is 5.82 Å². The third kappa shape index (κ3) is 6.17. The lowest BCUT2D eigenvalue weighted by atomic mass is 9.85. The number of benzene rings is 1. The van der Waals surface area contributed by atoms with Gasteiger partial charge >= 0.3 is 0 Å². The molecule has 21 heavy (non-hydrogen) atoms. The summed E-state index contributed by atoms with van der Waals surface area (Å²) in [4.78, 5) is 0. The molecule has 0 amide bonds. The predicted molar refractivity (Wildman–Crippen MR) is 90.2 cm³/mol. The maximum atomic E-state index is 13.3. The van der Waals surface area contributed by atoms with E-state index in [1.54, 1.807) is 12.1 Å². The first-order valence-electron chi connectivity index (χ1n) is 8.60. The molecule has 0 aliphatic rings. The predicted octanol–water partition coefficient (Wildman–Crippen LogP) is 5.26. The standard InChI is InChI=1S/C19H32FN/c1-5-8-16(9-6-2)19(21-12-7-3)14-17-10-11-18(20)13-15(17)4/h10-11,13,16,19,21H,5-9,12,14H2,1-4H3. The third-order valence-electron chi connectivity index (χ3n) is 4.29. The van der Waals surface area contributed by atoms with Crippen LogP contribution in [0.5, 0.6) is 0 Å². The van der Waals surface area contributed by atoms with E-state index >= 15 is 0 Å². The van der Waals surface area contributed by atoms with Gasteiger partial charge in [0.2, 0.25) is 0 Å². The first-order chi connectivity index (χ1) is 10.1. The van der Waals surface area contributed by atoms with Crippen LogP contribution in [0.25, 0.3) is 0 Å². The Labute approximate surface area is 130 Å². The molecule has 1 rings (SSSR count). The Morgan fingerprint density at radius 2 is 1.71 bits per heavy atom. The van der Waals surface area contributed by atoms with Crippen molar-refractivity contribution in [3.63, 3.8) is 0 Å². The molecular formula is C19H32FN. The van der Waals surface area contributed by atoms with Crippen molar-refractivity contribution in [2.24, 2.45) is 5.92 Å². The minimum absolute atomic E-state index is 0.131. The van der Waals surface area contributed by atoms with Crippen molar-refractivity contribution in [3.05, 3.63) is 35.1 Å². The number of nitrogens with one attached hydrogen (secondary N) is 1. The van der Waals surface area contributed by atoms with Crippen LogP contribution < -0.4 is 5.32 Å². The third-order valence-corrected chi connectivity index (χ3v) is 4.29. The fraction of sp³-hybridized carbons (Fsp3) is 0.684. The summed E-state index contributed by atoms with van der Waals surface area (Å²) in [5.74, 6) is 0.587. The zero-order chi connectivity index (χ0) is 15.7. The molecule has 0 aliphatic carbocycles. The average Bonchev–Trinajstić information content (AvgIpc) is 2.45. The zero-order valence-corrected chi connectivity index (χ0v) is 14.2. The number of aryl methyl sites for hydroxylation is 1. The van der Waals surface area contributed by atoms with E-state index < -0.39 is 0 Å². The molecule has 1 aromatic carbocycles. The Hall–Kier alpha value is -0.890. The van der Waals surface area contributed by atoms with Gasteiger partial charge in [-0.1, -0.05) is 39.7 Å². The van der Waals surface area contributed by atoms with Gasteiger partial charge in [0.15, 0.2) is 0 Å². The minimum atomic E-state index is -0.131. The minimum Gasteiger partial charge on any atom is -0.313 e. The highest BCUT2D eigenvalue weighted by Gasteiger charge is 2.20. The van der Waals surface area contributed by atoms with Crippen molar-refractivity contribution >= 4 is 0 Å². The van der Waals surface area contributed by atoms with E-state index in [0.717, 1.165) is 30.9 Å². The summed E-state index contributed by atoms with van der Waals surface area (Å²) in [6.45, 7) is 9.83. The maximum absolute atomic E-state index is 13.3. The van der Waals surface area contributed by atoms with Crippen LogP contribution in [0.15, 0.2) is 18.2 Å². The number of halogens is 1. The Bertz CT molecular complexity index is 397. The zero-order valence-electron chi connectivity index (χ0n) is 14.2. The number of rotatable bonds is 10. The molecule has 1 N–H and O–H groups in total. The second kappa shape index (κ2) is 9.94. The number of hydrogen-bond donors (Lipinski definition) is 1. The van der Waals surface area contributed by atoms with Gasteiger partial charge in [-0.25, -0.2) is 4.39 Å². The van der Waals surface area contributed by atoms with Crippen molar-refractivity contribution in [3.8, 4) is 0 Å². The summed E-state index contributed by atoms with van der Waals surface area (Å²) in [7, 11) is 0. The van der Waals surface area contributed by atoms with E-state index in [0.29, 0.717) is 6.04 Å². The monoisotopic (exact) mass is 293 g/mol. The van der Waals surface area contributed by atoms with Crippen molar-refractivity contribution in [1.82, 2.24) is 5.32 Å². The molecule has 2 heteroatoms. The van der Waals surface area contributed by atoms with Gasteiger partial charge in [0.1, 0.15) is 5.82 Å². The Balaban J connectivity index is 2.84.